The average molecular weight is 247 g/mol. The van der Waals surface area contributed by atoms with Gasteiger partial charge in [0.2, 0.25) is 5.76 Å². The number of non-ortho nitro benzene ring substituents is 1. The van der Waals surface area contributed by atoms with E-state index < -0.39 is 10.9 Å². The van der Waals surface area contributed by atoms with E-state index in [0.717, 1.165) is 0 Å². The van der Waals surface area contributed by atoms with Gasteiger partial charge in [-0.15, -0.1) is 0 Å². The molecule has 0 aliphatic rings. The molecular formula is C12H9NO5. The van der Waals surface area contributed by atoms with Gasteiger partial charge in [0.25, 0.3) is 5.69 Å². The molecule has 0 spiro atoms. The second-order valence-corrected chi connectivity index (χ2v) is 3.46. The number of nitrogens with zero attached hydrogens (tertiary/aromatic N) is 1. The van der Waals surface area contributed by atoms with Gasteiger partial charge in [-0.1, -0.05) is 12.1 Å². The largest absolute Gasteiger partial charge is 0.463 e. The van der Waals surface area contributed by atoms with Crippen LogP contribution in [0.25, 0.3) is 11.3 Å². The molecule has 6 heteroatoms. The van der Waals surface area contributed by atoms with Crippen molar-refractivity contribution in [3.63, 3.8) is 0 Å². The van der Waals surface area contributed by atoms with Gasteiger partial charge >= 0.3 is 5.97 Å². The van der Waals surface area contributed by atoms with Gasteiger partial charge in [0.05, 0.1) is 12.0 Å². The summed E-state index contributed by atoms with van der Waals surface area (Å²) >= 11 is 0. The van der Waals surface area contributed by atoms with E-state index in [1.165, 1.54) is 25.3 Å². The number of methoxy groups -OCH3 is 1. The number of esters is 1. The second-order valence-electron chi connectivity index (χ2n) is 3.46. The van der Waals surface area contributed by atoms with Crippen molar-refractivity contribution < 1.29 is 18.9 Å². The predicted octanol–water partition coefficient (Wildman–Crippen LogP) is 2.64. The van der Waals surface area contributed by atoms with E-state index in [1.807, 2.05) is 0 Å². The van der Waals surface area contributed by atoms with Crippen molar-refractivity contribution in [3.8, 4) is 11.3 Å². The molecule has 0 saturated heterocycles. The van der Waals surface area contributed by atoms with Gasteiger partial charge in [-0.25, -0.2) is 4.79 Å². The van der Waals surface area contributed by atoms with E-state index in [1.54, 1.807) is 18.2 Å². The maximum atomic E-state index is 11.2. The van der Waals surface area contributed by atoms with E-state index in [2.05, 4.69) is 4.74 Å². The SMILES string of the molecule is COC(=O)c1ccc(-c2cccc([N+](=O)[O-])c2)o1. The fraction of sp³-hybridized carbons (Fsp3) is 0.0833. The van der Waals surface area contributed by atoms with Crippen LogP contribution < -0.4 is 0 Å². The molecular weight excluding hydrogens is 238 g/mol. The fourth-order valence-corrected chi connectivity index (χ4v) is 1.48. The summed E-state index contributed by atoms with van der Waals surface area (Å²) in [6.07, 6.45) is 0. The van der Waals surface area contributed by atoms with Gasteiger partial charge in [0, 0.05) is 17.7 Å². The topological polar surface area (TPSA) is 82.6 Å². The normalized spacial score (nSPS) is 10.1. The standard InChI is InChI=1S/C12H9NO5/c1-17-12(14)11-6-5-10(18-11)8-3-2-4-9(7-8)13(15)16/h2-7H,1H3. The van der Waals surface area contributed by atoms with Crippen molar-refractivity contribution >= 4 is 11.7 Å². The number of hydrogen-bond donors (Lipinski definition) is 0. The first-order chi connectivity index (χ1) is 8.61. The molecule has 0 aliphatic carbocycles. The number of nitro groups is 1. The third-order valence-electron chi connectivity index (χ3n) is 2.33. The van der Waals surface area contributed by atoms with Gasteiger partial charge < -0.3 is 9.15 Å². The molecule has 0 amide bonds. The molecule has 18 heavy (non-hydrogen) atoms. The van der Waals surface area contributed by atoms with Crippen LogP contribution >= 0.6 is 0 Å². The predicted molar refractivity (Wildman–Crippen MR) is 62.1 cm³/mol. The maximum Gasteiger partial charge on any atom is 0.373 e. The number of ether oxygens (including phenoxy) is 1. The summed E-state index contributed by atoms with van der Waals surface area (Å²) in [5.41, 5.74) is 0.489. The van der Waals surface area contributed by atoms with Crippen LogP contribution in [0.2, 0.25) is 0 Å². The van der Waals surface area contributed by atoms with E-state index in [4.69, 9.17) is 4.42 Å². The Balaban J connectivity index is 2.37. The van der Waals surface area contributed by atoms with Gasteiger partial charge in [0.1, 0.15) is 5.76 Å². The molecule has 0 fully saturated rings. The zero-order valence-corrected chi connectivity index (χ0v) is 9.45. The van der Waals surface area contributed by atoms with Crippen LogP contribution in [0, 0.1) is 10.1 Å². The molecule has 2 rings (SSSR count). The Morgan fingerprint density at radius 2 is 2.11 bits per heavy atom. The minimum absolute atomic E-state index is 0.0384. The number of hydrogen-bond acceptors (Lipinski definition) is 5. The Bertz CT molecular complexity index is 602. The lowest BCUT2D eigenvalue weighted by molar-refractivity contribution is -0.384. The molecule has 1 aromatic carbocycles. The van der Waals surface area contributed by atoms with E-state index in [0.29, 0.717) is 11.3 Å². The Morgan fingerprint density at radius 3 is 2.78 bits per heavy atom. The third-order valence-corrected chi connectivity index (χ3v) is 2.33. The first kappa shape index (κ1) is 11.8. The molecule has 0 aliphatic heterocycles. The summed E-state index contributed by atoms with van der Waals surface area (Å²) in [4.78, 5) is 21.4. The highest BCUT2D eigenvalue weighted by molar-refractivity contribution is 5.87. The van der Waals surface area contributed by atoms with Gasteiger partial charge in [0.15, 0.2) is 0 Å². The van der Waals surface area contributed by atoms with Crippen molar-refractivity contribution in [1.29, 1.82) is 0 Å². The van der Waals surface area contributed by atoms with Crippen molar-refractivity contribution in [1.82, 2.24) is 0 Å². The van der Waals surface area contributed by atoms with E-state index in [-0.39, 0.29) is 11.4 Å². The Labute approximate surface area is 102 Å². The fourth-order valence-electron chi connectivity index (χ4n) is 1.48. The molecule has 1 heterocycles. The molecule has 6 nitrogen and oxygen atoms in total. The first-order valence-corrected chi connectivity index (χ1v) is 5.05. The number of rotatable bonds is 3. The molecule has 92 valence electrons. The molecule has 0 saturated carbocycles. The smallest absolute Gasteiger partial charge is 0.373 e. The third kappa shape index (κ3) is 2.22. The minimum atomic E-state index is -0.591. The van der Waals surface area contributed by atoms with Crippen molar-refractivity contribution in [3.05, 3.63) is 52.3 Å². The lowest BCUT2D eigenvalue weighted by Gasteiger charge is -1.97. The zero-order chi connectivity index (χ0) is 13.1. The lowest BCUT2D eigenvalue weighted by atomic mass is 10.1. The molecule has 0 radical (unpaired) electrons. The highest BCUT2D eigenvalue weighted by Crippen LogP contribution is 2.25. The molecule has 0 N–H and O–H groups in total. The van der Waals surface area contributed by atoms with Crippen molar-refractivity contribution in [2.75, 3.05) is 7.11 Å². The minimum Gasteiger partial charge on any atom is -0.463 e. The number of nitro benzene ring substituents is 1. The van der Waals surface area contributed by atoms with Crippen LogP contribution in [0.15, 0.2) is 40.8 Å². The molecule has 0 unspecified atom stereocenters. The van der Waals surface area contributed by atoms with E-state index in [9.17, 15) is 14.9 Å². The Kier molecular flexibility index (Phi) is 3.09. The van der Waals surface area contributed by atoms with Crippen molar-refractivity contribution in [2.24, 2.45) is 0 Å². The summed E-state index contributed by atoms with van der Waals surface area (Å²) in [5, 5.41) is 10.6. The van der Waals surface area contributed by atoms with Crippen LogP contribution in [0.5, 0.6) is 0 Å². The highest BCUT2D eigenvalue weighted by Gasteiger charge is 2.14. The van der Waals surface area contributed by atoms with Crippen LogP contribution in [0.3, 0.4) is 0 Å². The quantitative estimate of drug-likeness (QED) is 0.473. The van der Waals surface area contributed by atoms with Gasteiger partial charge in [-0.2, -0.15) is 0 Å². The van der Waals surface area contributed by atoms with Crippen LogP contribution in [-0.2, 0) is 4.74 Å². The summed E-state index contributed by atoms with van der Waals surface area (Å²) in [7, 11) is 1.25. The molecule has 0 bridgehead atoms. The first-order valence-electron chi connectivity index (χ1n) is 5.05. The number of carbonyl (C=O) groups is 1. The maximum absolute atomic E-state index is 11.2. The number of carbonyl (C=O) groups excluding carboxylic acids is 1. The van der Waals surface area contributed by atoms with Crippen LogP contribution in [-0.4, -0.2) is 18.0 Å². The Hall–Kier alpha value is -2.63. The van der Waals surface area contributed by atoms with Gasteiger partial charge in [-0.05, 0) is 12.1 Å². The summed E-state index contributed by atoms with van der Waals surface area (Å²) in [6.45, 7) is 0. The highest BCUT2D eigenvalue weighted by atomic mass is 16.6. The molecule has 2 aromatic rings. The van der Waals surface area contributed by atoms with E-state index >= 15 is 0 Å². The summed E-state index contributed by atoms with van der Waals surface area (Å²) in [5.74, 6) is -0.162. The monoisotopic (exact) mass is 247 g/mol. The second kappa shape index (κ2) is 4.70. The van der Waals surface area contributed by atoms with Crippen LogP contribution in [0.1, 0.15) is 10.6 Å². The average Bonchev–Trinajstić information content (AvgIpc) is 2.87. The Morgan fingerprint density at radius 1 is 1.33 bits per heavy atom. The lowest BCUT2D eigenvalue weighted by Crippen LogP contribution is -1.98. The summed E-state index contributed by atoms with van der Waals surface area (Å²) < 4.78 is 9.77. The van der Waals surface area contributed by atoms with Crippen LogP contribution in [0.4, 0.5) is 5.69 Å². The number of benzene rings is 1. The van der Waals surface area contributed by atoms with Crippen molar-refractivity contribution in [2.45, 2.75) is 0 Å². The summed E-state index contributed by atoms with van der Waals surface area (Å²) in [6, 6.07) is 8.99. The zero-order valence-electron chi connectivity index (χ0n) is 9.45. The van der Waals surface area contributed by atoms with Gasteiger partial charge in [-0.3, -0.25) is 10.1 Å². The number of furan rings is 1. The molecule has 0 atom stereocenters. The molecule has 1 aromatic heterocycles.